The lowest BCUT2D eigenvalue weighted by molar-refractivity contribution is -0.156. The van der Waals surface area contributed by atoms with E-state index in [2.05, 4.69) is 10.3 Å². The van der Waals surface area contributed by atoms with Gasteiger partial charge in [0.2, 0.25) is 12.4 Å². The van der Waals surface area contributed by atoms with Gasteiger partial charge in [-0.25, -0.2) is 9.59 Å². The van der Waals surface area contributed by atoms with Crippen molar-refractivity contribution in [1.82, 2.24) is 10.3 Å². The predicted molar refractivity (Wildman–Crippen MR) is 136 cm³/mol. The zero-order valence-electron chi connectivity index (χ0n) is 20.0. The summed E-state index contributed by atoms with van der Waals surface area (Å²) in [7, 11) is 0. The van der Waals surface area contributed by atoms with Crippen molar-refractivity contribution in [2.45, 2.75) is 50.7 Å². The Hall–Kier alpha value is -3.85. The molecular formula is C27H27ClN2O7. The second kappa shape index (κ2) is 12.4. The van der Waals surface area contributed by atoms with Gasteiger partial charge in [-0.3, -0.25) is 9.59 Å². The van der Waals surface area contributed by atoms with Crippen LogP contribution in [-0.2, 0) is 25.4 Å². The molecule has 2 N–H and O–H groups in total. The third-order valence-corrected chi connectivity index (χ3v) is 6.40. The molecule has 1 heterocycles. The van der Waals surface area contributed by atoms with Crippen LogP contribution >= 0.6 is 11.6 Å². The maximum absolute atomic E-state index is 13.0. The molecule has 1 aliphatic rings. The first kappa shape index (κ1) is 26.2. The molecule has 10 heteroatoms. The molecule has 1 saturated carbocycles. The average molecular weight is 527 g/mol. The summed E-state index contributed by atoms with van der Waals surface area (Å²) in [6, 6.07) is 13.5. The second-order valence-corrected chi connectivity index (χ2v) is 9.23. The Bertz CT molecular complexity index is 1320. The van der Waals surface area contributed by atoms with Crippen LogP contribution < -0.4 is 10.9 Å². The van der Waals surface area contributed by atoms with Gasteiger partial charge in [-0.15, -0.1) is 0 Å². The zero-order valence-corrected chi connectivity index (χ0v) is 20.8. The lowest BCUT2D eigenvalue weighted by Crippen LogP contribution is -2.44. The van der Waals surface area contributed by atoms with Crippen molar-refractivity contribution < 1.29 is 28.6 Å². The van der Waals surface area contributed by atoms with Crippen molar-refractivity contribution >= 4 is 40.5 Å². The van der Waals surface area contributed by atoms with E-state index in [4.69, 9.17) is 25.8 Å². The lowest BCUT2D eigenvalue weighted by atomic mass is 9.98. The molecule has 0 bridgehead atoms. The minimum atomic E-state index is -1.17. The van der Waals surface area contributed by atoms with Gasteiger partial charge in [-0.2, -0.15) is 0 Å². The number of benzene rings is 2. The number of rotatable bonds is 8. The van der Waals surface area contributed by atoms with Crippen LogP contribution in [0.3, 0.4) is 0 Å². The Morgan fingerprint density at radius 3 is 2.49 bits per heavy atom. The van der Waals surface area contributed by atoms with Crippen LogP contribution in [0.25, 0.3) is 10.9 Å². The normalized spacial score (nSPS) is 14.5. The van der Waals surface area contributed by atoms with Crippen LogP contribution in [0.15, 0.2) is 59.4 Å². The zero-order chi connectivity index (χ0) is 26.2. The van der Waals surface area contributed by atoms with Gasteiger partial charge < -0.3 is 24.5 Å². The predicted octanol–water partition coefficient (Wildman–Crippen LogP) is 4.51. The highest BCUT2D eigenvalue weighted by Gasteiger charge is 2.26. The number of nitrogens with one attached hydrogen (secondary N) is 2. The molecule has 0 spiro atoms. The van der Waals surface area contributed by atoms with E-state index in [-0.39, 0.29) is 23.6 Å². The highest BCUT2D eigenvalue weighted by molar-refractivity contribution is 6.30. The Morgan fingerprint density at radius 1 is 1.00 bits per heavy atom. The molecule has 1 unspecified atom stereocenters. The molecule has 3 aromatic rings. The molecule has 1 fully saturated rings. The summed E-state index contributed by atoms with van der Waals surface area (Å²) >= 11 is 5.90. The van der Waals surface area contributed by atoms with Gasteiger partial charge in [0.05, 0.1) is 0 Å². The molecule has 194 valence electrons. The number of carbonyl (C=O) groups is 3. The molecule has 9 nitrogen and oxygen atoms in total. The summed E-state index contributed by atoms with van der Waals surface area (Å²) in [5.41, 5.74) is 1.06. The number of ether oxygens (including phenoxy) is 3. The highest BCUT2D eigenvalue weighted by Crippen LogP contribution is 2.21. The summed E-state index contributed by atoms with van der Waals surface area (Å²) in [5.74, 6) is -1.37. The van der Waals surface area contributed by atoms with Gasteiger partial charge in [0.15, 0.2) is 0 Å². The minimum Gasteiger partial charge on any atom is -0.431 e. The van der Waals surface area contributed by atoms with Gasteiger partial charge >= 0.3 is 12.1 Å². The highest BCUT2D eigenvalue weighted by atomic mass is 35.5. The number of pyridine rings is 1. The number of esters is 1. The molecule has 1 aliphatic carbocycles. The van der Waals surface area contributed by atoms with Crippen LogP contribution in [0.4, 0.5) is 4.79 Å². The molecule has 37 heavy (non-hydrogen) atoms. The fourth-order valence-electron chi connectivity index (χ4n) is 4.29. The van der Waals surface area contributed by atoms with E-state index in [9.17, 15) is 19.2 Å². The van der Waals surface area contributed by atoms with Crippen LogP contribution in [0.1, 0.15) is 48.0 Å². The van der Waals surface area contributed by atoms with E-state index in [1.165, 1.54) is 18.2 Å². The number of para-hydroxylation sites is 1. The second-order valence-electron chi connectivity index (χ2n) is 8.79. The van der Waals surface area contributed by atoms with Crippen molar-refractivity contribution in [2.24, 2.45) is 0 Å². The summed E-state index contributed by atoms with van der Waals surface area (Å²) < 4.78 is 15.3. The fraction of sp³-hybridized carbons (Fsp3) is 0.333. The summed E-state index contributed by atoms with van der Waals surface area (Å²) in [5, 5.41) is 3.82. The number of aromatic nitrogens is 1. The third-order valence-electron chi connectivity index (χ3n) is 6.15. The molecule has 2 aromatic carbocycles. The van der Waals surface area contributed by atoms with E-state index in [0.717, 1.165) is 32.1 Å². The number of H-pyrrole nitrogens is 1. The van der Waals surface area contributed by atoms with E-state index < -0.39 is 30.9 Å². The van der Waals surface area contributed by atoms with Crippen molar-refractivity contribution in [3.05, 3.63) is 81.1 Å². The van der Waals surface area contributed by atoms with Crippen LogP contribution in [0.2, 0.25) is 5.02 Å². The van der Waals surface area contributed by atoms with Gasteiger partial charge in [0.1, 0.15) is 12.1 Å². The molecule has 4 rings (SSSR count). The minimum absolute atomic E-state index is 0.0326. The van der Waals surface area contributed by atoms with Gasteiger partial charge in [0, 0.05) is 34.0 Å². The number of aromatic amines is 1. The first-order valence-corrected chi connectivity index (χ1v) is 12.4. The molecule has 0 radical (unpaired) electrons. The molecular weight excluding hydrogens is 500 g/mol. The summed E-state index contributed by atoms with van der Waals surface area (Å²) in [6.07, 6.45) is 3.48. The Kier molecular flexibility index (Phi) is 8.79. The SMILES string of the molecule is O=C(OCOC(=O)C(Cc1cc(=O)[nH]c2ccccc12)NC(=O)c1ccc(Cl)cc1)OC1CCCCC1. The maximum Gasteiger partial charge on any atom is 0.511 e. The largest absolute Gasteiger partial charge is 0.511 e. The van der Waals surface area contributed by atoms with Gasteiger partial charge in [-0.1, -0.05) is 36.2 Å². The smallest absolute Gasteiger partial charge is 0.431 e. The van der Waals surface area contributed by atoms with E-state index in [1.54, 1.807) is 36.4 Å². The standard InChI is InChI=1S/C27H27ClN2O7/c28-19-12-10-17(11-13-19)25(32)30-23(14-18-15-24(31)29-22-9-5-4-8-21(18)22)26(33)35-16-36-27(34)37-20-6-2-1-3-7-20/h4-5,8-13,15,20,23H,1-3,6-7,14,16H2,(H,29,31)(H,30,32). The Labute approximate surface area is 218 Å². The number of carbonyl (C=O) groups excluding carboxylic acids is 3. The van der Waals surface area contributed by atoms with Crippen molar-refractivity contribution in [3.63, 3.8) is 0 Å². The summed E-state index contributed by atoms with van der Waals surface area (Å²) in [6.45, 7) is -0.673. The average Bonchev–Trinajstić information content (AvgIpc) is 2.89. The van der Waals surface area contributed by atoms with Gasteiger partial charge in [-0.05, 0) is 61.6 Å². The molecule has 0 aliphatic heterocycles. The Morgan fingerprint density at radius 2 is 1.73 bits per heavy atom. The number of hydrogen-bond donors (Lipinski definition) is 2. The van der Waals surface area contributed by atoms with Crippen molar-refractivity contribution in [3.8, 4) is 0 Å². The number of fused-ring (bicyclic) bond motifs is 1. The topological polar surface area (TPSA) is 124 Å². The van der Waals surface area contributed by atoms with E-state index >= 15 is 0 Å². The molecule has 1 atom stereocenters. The van der Waals surface area contributed by atoms with Crippen LogP contribution in [0.5, 0.6) is 0 Å². The lowest BCUT2D eigenvalue weighted by Gasteiger charge is -2.21. The van der Waals surface area contributed by atoms with E-state index in [0.29, 0.717) is 21.5 Å². The number of amides is 1. The van der Waals surface area contributed by atoms with Crippen molar-refractivity contribution in [2.75, 3.05) is 6.79 Å². The van der Waals surface area contributed by atoms with Crippen LogP contribution in [-0.4, -0.2) is 42.0 Å². The third kappa shape index (κ3) is 7.33. The van der Waals surface area contributed by atoms with Crippen molar-refractivity contribution in [1.29, 1.82) is 0 Å². The first-order valence-electron chi connectivity index (χ1n) is 12.1. The van der Waals surface area contributed by atoms with Gasteiger partial charge in [0.25, 0.3) is 5.91 Å². The maximum atomic E-state index is 13.0. The molecule has 0 saturated heterocycles. The molecule has 1 amide bonds. The first-order chi connectivity index (χ1) is 17.9. The monoisotopic (exact) mass is 526 g/mol. The van der Waals surface area contributed by atoms with E-state index in [1.807, 2.05) is 0 Å². The summed E-state index contributed by atoms with van der Waals surface area (Å²) in [4.78, 5) is 52.8. The quantitative estimate of drug-likeness (QED) is 0.327. The number of halogens is 1. The van der Waals surface area contributed by atoms with Crippen LogP contribution in [0, 0.1) is 0 Å². The fourth-order valence-corrected chi connectivity index (χ4v) is 4.42. The number of hydrogen-bond acceptors (Lipinski definition) is 7. The Balaban J connectivity index is 1.46. The molecule has 1 aromatic heterocycles.